The maximum Gasteiger partial charge on any atom is 0.376 e. The molecule has 2 aromatic carbocycles. The number of benzene rings is 2. The van der Waals surface area contributed by atoms with Gasteiger partial charge in [-0.25, -0.2) is 9.59 Å². The van der Waals surface area contributed by atoms with Gasteiger partial charge in [-0.2, -0.15) is 0 Å². The van der Waals surface area contributed by atoms with Gasteiger partial charge in [-0.05, 0) is 17.0 Å². The predicted molar refractivity (Wildman–Crippen MR) is 131 cm³/mol. The Labute approximate surface area is 199 Å². The highest BCUT2D eigenvalue weighted by atomic mass is 16.5. The highest BCUT2D eigenvalue weighted by Crippen LogP contribution is 2.32. The van der Waals surface area contributed by atoms with Crippen LogP contribution in [0.5, 0.6) is 0 Å². The summed E-state index contributed by atoms with van der Waals surface area (Å²) >= 11 is 0. The molecule has 0 atom stereocenters. The van der Waals surface area contributed by atoms with E-state index in [2.05, 4.69) is 21.6 Å². The number of fused-ring (bicyclic) bond motifs is 1. The summed E-state index contributed by atoms with van der Waals surface area (Å²) in [6, 6.07) is 13.1. The third-order valence-corrected chi connectivity index (χ3v) is 5.85. The third kappa shape index (κ3) is 5.24. The van der Waals surface area contributed by atoms with Crippen molar-refractivity contribution in [3.8, 4) is 0 Å². The van der Waals surface area contributed by atoms with E-state index in [4.69, 9.17) is 13.9 Å². The first-order chi connectivity index (χ1) is 16.3. The Morgan fingerprint density at radius 2 is 1.68 bits per heavy atom. The van der Waals surface area contributed by atoms with Crippen LogP contribution in [0, 0.1) is 0 Å². The molecule has 0 spiro atoms. The van der Waals surface area contributed by atoms with Gasteiger partial charge in [-0.3, -0.25) is 4.90 Å². The molecule has 1 aromatic heterocycles. The van der Waals surface area contributed by atoms with Gasteiger partial charge >= 0.3 is 12.0 Å². The number of morpholine rings is 1. The second kappa shape index (κ2) is 9.87. The number of amides is 2. The fourth-order valence-electron chi connectivity index (χ4n) is 3.98. The standard InChI is InChI=1S/C26H31N3O5/c1-26(2,3)22-15-21(23(34-22)24(30)32-4)28-25(31)27-20-10-9-17(16-29-11-13-33-14-12-29)18-7-5-6-8-19(18)20/h5-10,15H,11-14,16H2,1-4H3,(H2,27,28,31). The summed E-state index contributed by atoms with van der Waals surface area (Å²) in [5, 5.41) is 7.69. The molecule has 8 nitrogen and oxygen atoms in total. The minimum absolute atomic E-state index is 0.0340. The van der Waals surface area contributed by atoms with E-state index in [0.717, 1.165) is 43.6 Å². The Balaban J connectivity index is 1.56. The highest BCUT2D eigenvalue weighted by molar-refractivity contribution is 6.08. The van der Waals surface area contributed by atoms with E-state index in [-0.39, 0.29) is 16.9 Å². The summed E-state index contributed by atoms with van der Waals surface area (Å²) in [6.07, 6.45) is 0. The summed E-state index contributed by atoms with van der Waals surface area (Å²) in [5.41, 5.74) is 1.80. The number of urea groups is 1. The first-order valence-electron chi connectivity index (χ1n) is 11.4. The Hall–Kier alpha value is -3.36. The lowest BCUT2D eigenvalue weighted by Gasteiger charge is -2.27. The van der Waals surface area contributed by atoms with Crippen LogP contribution in [0.15, 0.2) is 46.9 Å². The number of nitrogens with zero attached hydrogens (tertiary/aromatic N) is 1. The number of anilines is 2. The quantitative estimate of drug-likeness (QED) is 0.516. The topological polar surface area (TPSA) is 93.0 Å². The average Bonchev–Trinajstić information content (AvgIpc) is 3.25. The summed E-state index contributed by atoms with van der Waals surface area (Å²) in [4.78, 5) is 27.5. The Morgan fingerprint density at radius 3 is 2.35 bits per heavy atom. The smallest absolute Gasteiger partial charge is 0.376 e. The van der Waals surface area contributed by atoms with E-state index in [1.165, 1.54) is 12.7 Å². The van der Waals surface area contributed by atoms with Crippen molar-refractivity contribution in [1.29, 1.82) is 0 Å². The fourth-order valence-corrected chi connectivity index (χ4v) is 3.98. The number of nitrogens with one attached hydrogen (secondary N) is 2. The number of furan rings is 1. The van der Waals surface area contributed by atoms with Crippen LogP contribution in [0.1, 0.15) is 42.6 Å². The summed E-state index contributed by atoms with van der Waals surface area (Å²) in [5.74, 6) is -0.113. The summed E-state index contributed by atoms with van der Waals surface area (Å²) in [7, 11) is 1.27. The van der Waals surface area contributed by atoms with Crippen molar-refractivity contribution in [2.75, 3.05) is 44.0 Å². The van der Waals surface area contributed by atoms with E-state index in [1.54, 1.807) is 6.07 Å². The van der Waals surface area contributed by atoms with Crippen LogP contribution >= 0.6 is 0 Å². The SMILES string of the molecule is COC(=O)c1oc(C(C)(C)C)cc1NC(=O)Nc1ccc(CN2CCOCC2)c2ccccc12. The molecule has 2 amide bonds. The Kier molecular flexibility index (Phi) is 6.90. The zero-order chi connectivity index (χ0) is 24.3. The van der Waals surface area contributed by atoms with E-state index in [0.29, 0.717) is 11.4 Å². The number of carbonyl (C=O) groups excluding carboxylic acids is 2. The molecule has 8 heteroatoms. The van der Waals surface area contributed by atoms with Gasteiger partial charge in [0.15, 0.2) is 0 Å². The molecule has 0 saturated carbocycles. The molecule has 0 bridgehead atoms. The van der Waals surface area contributed by atoms with Gasteiger partial charge in [-0.15, -0.1) is 0 Å². The van der Waals surface area contributed by atoms with Gasteiger partial charge in [0, 0.05) is 36.5 Å². The normalized spacial score (nSPS) is 14.7. The molecule has 2 N–H and O–H groups in total. The van der Waals surface area contributed by atoms with Gasteiger partial charge in [0.05, 0.1) is 31.7 Å². The molecule has 180 valence electrons. The first kappa shape index (κ1) is 23.8. The monoisotopic (exact) mass is 465 g/mol. The molecular formula is C26H31N3O5. The summed E-state index contributed by atoms with van der Waals surface area (Å²) < 4.78 is 16.0. The lowest BCUT2D eigenvalue weighted by Crippen LogP contribution is -2.35. The second-order valence-electron chi connectivity index (χ2n) is 9.38. The maximum atomic E-state index is 12.9. The van der Waals surface area contributed by atoms with Crippen LogP contribution in [-0.4, -0.2) is 50.3 Å². The molecule has 4 rings (SSSR count). The number of methoxy groups -OCH3 is 1. The van der Waals surface area contributed by atoms with Crippen LogP contribution < -0.4 is 10.6 Å². The minimum atomic E-state index is -0.649. The van der Waals surface area contributed by atoms with Gasteiger partial charge in [0.1, 0.15) is 5.76 Å². The van der Waals surface area contributed by atoms with Crippen molar-refractivity contribution < 1.29 is 23.5 Å². The van der Waals surface area contributed by atoms with E-state index >= 15 is 0 Å². The van der Waals surface area contributed by atoms with Gasteiger partial charge in [-0.1, -0.05) is 51.1 Å². The lowest BCUT2D eigenvalue weighted by atomic mass is 9.93. The molecule has 0 unspecified atom stereocenters. The molecule has 2 heterocycles. The molecule has 1 fully saturated rings. The van der Waals surface area contributed by atoms with Crippen LogP contribution in [0.3, 0.4) is 0 Å². The molecular weight excluding hydrogens is 434 g/mol. The van der Waals surface area contributed by atoms with Gasteiger partial charge in [0.25, 0.3) is 0 Å². The zero-order valence-corrected chi connectivity index (χ0v) is 20.1. The van der Waals surface area contributed by atoms with Gasteiger partial charge in [0.2, 0.25) is 5.76 Å². The number of rotatable bonds is 5. The van der Waals surface area contributed by atoms with E-state index in [1.807, 2.05) is 51.1 Å². The molecule has 1 aliphatic rings. The minimum Gasteiger partial charge on any atom is -0.463 e. The highest BCUT2D eigenvalue weighted by Gasteiger charge is 2.26. The van der Waals surface area contributed by atoms with Crippen molar-refractivity contribution in [2.45, 2.75) is 32.7 Å². The molecule has 34 heavy (non-hydrogen) atoms. The van der Waals surface area contributed by atoms with Crippen LogP contribution in [-0.2, 0) is 21.4 Å². The van der Waals surface area contributed by atoms with Crippen LogP contribution in [0.2, 0.25) is 0 Å². The number of hydrogen-bond donors (Lipinski definition) is 2. The van der Waals surface area contributed by atoms with Gasteiger partial charge < -0.3 is 24.5 Å². The lowest BCUT2D eigenvalue weighted by molar-refractivity contribution is 0.0343. The molecule has 0 aliphatic carbocycles. The number of ether oxygens (including phenoxy) is 2. The molecule has 0 radical (unpaired) electrons. The van der Waals surface area contributed by atoms with Crippen molar-refractivity contribution in [3.63, 3.8) is 0 Å². The number of esters is 1. The Bertz CT molecular complexity index is 1190. The maximum absolute atomic E-state index is 12.9. The van der Waals surface area contributed by atoms with Crippen molar-refractivity contribution in [1.82, 2.24) is 4.90 Å². The number of carbonyl (C=O) groups is 2. The average molecular weight is 466 g/mol. The second-order valence-corrected chi connectivity index (χ2v) is 9.38. The van der Waals surface area contributed by atoms with Crippen molar-refractivity contribution in [3.05, 3.63) is 59.5 Å². The first-order valence-corrected chi connectivity index (χ1v) is 11.4. The number of hydrogen-bond acceptors (Lipinski definition) is 6. The van der Waals surface area contributed by atoms with E-state index in [9.17, 15) is 9.59 Å². The largest absolute Gasteiger partial charge is 0.463 e. The van der Waals surface area contributed by atoms with Crippen LogP contribution in [0.25, 0.3) is 10.8 Å². The molecule has 3 aromatic rings. The third-order valence-electron chi connectivity index (χ3n) is 5.85. The van der Waals surface area contributed by atoms with E-state index < -0.39 is 12.0 Å². The van der Waals surface area contributed by atoms with Crippen molar-refractivity contribution in [2.24, 2.45) is 0 Å². The zero-order valence-electron chi connectivity index (χ0n) is 20.1. The predicted octanol–water partition coefficient (Wildman–Crippen LogP) is 4.99. The van der Waals surface area contributed by atoms with Crippen LogP contribution in [0.4, 0.5) is 16.2 Å². The molecule has 1 aliphatic heterocycles. The molecule has 1 saturated heterocycles. The fraction of sp³-hybridized carbons (Fsp3) is 0.385. The summed E-state index contributed by atoms with van der Waals surface area (Å²) in [6.45, 7) is 10.0. The van der Waals surface area contributed by atoms with Crippen molar-refractivity contribution >= 4 is 34.1 Å². The Morgan fingerprint density at radius 1 is 1.00 bits per heavy atom.